The van der Waals surface area contributed by atoms with E-state index in [9.17, 15) is 4.39 Å². The van der Waals surface area contributed by atoms with Gasteiger partial charge in [-0.15, -0.1) is 0 Å². The highest BCUT2D eigenvalue weighted by Crippen LogP contribution is 2.39. The molecule has 1 saturated carbocycles. The van der Waals surface area contributed by atoms with E-state index >= 15 is 0 Å². The highest BCUT2D eigenvalue weighted by Gasteiger charge is 2.44. The Bertz CT molecular complexity index is 173. The van der Waals surface area contributed by atoms with Gasteiger partial charge in [-0.1, -0.05) is 25.7 Å². The van der Waals surface area contributed by atoms with Crippen LogP contribution in [0.2, 0.25) is 0 Å². The molecule has 1 atom stereocenters. The van der Waals surface area contributed by atoms with Crippen LogP contribution < -0.4 is 5.73 Å². The molecule has 0 heterocycles. The number of hydrogen-bond donors (Lipinski definition) is 1. The van der Waals surface area contributed by atoms with Crippen LogP contribution in [0.15, 0.2) is 0 Å². The van der Waals surface area contributed by atoms with Crippen molar-refractivity contribution >= 4 is 0 Å². The van der Waals surface area contributed by atoms with Crippen LogP contribution in [0.25, 0.3) is 0 Å². The minimum absolute atomic E-state index is 0.157. The molecule has 1 rings (SSSR count). The molecule has 0 aromatic carbocycles. The zero-order chi connectivity index (χ0) is 10.8. The SMILES string of the molecule is CC(C)(N)C(C)(F)C1CCCCCC1. The molecule has 1 nitrogen and oxygen atoms in total. The fraction of sp³-hybridized carbons (Fsp3) is 1.00. The summed E-state index contributed by atoms with van der Waals surface area (Å²) in [6.07, 6.45) is 6.87. The van der Waals surface area contributed by atoms with E-state index in [-0.39, 0.29) is 5.92 Å². The quantitative estimate of drug-likeness (QED) is 0.681. The van der Waals surface area contributed by atoms with Gasteiger partial charge in [0.15, 0.2) is 0 Å². The zero-order valence-electron chi connectivity index (χ0n) is 9.78. The molecule has 84 valence electrons. The number of halogens is 1. The average molecular weight is 201 g/mol. The summed E-state index contributed by atoms with van der Waals surface area (Å²) in [5.41, 5.74) is 3.98. The summed E-state index contributed by atoms with van der Waals surface area (Å²) in [7, 11) is 0. The lowest BCUT2D eigenvalue weighted by Crippen LogP contribution is -2.55. The van der Waals surface area contributed by atoms with Crippen molar-refractivity contribution in [3.63, 3.8) is 0 Å². The molecule has 0 saturated heterocycles. The number of rotatable bonds is 2. The van der Waals surface area contributed by atoms with Gasteiger partial charge in [-0.3, -0.25) is 0 Å². The van der Waals surface area contributed by atoms with Crippen LogP contribution in [-0.4, -0.2) is 11.2 Å². The van der Waals surface area contributed by atoms with Gasteiger partial charge >= 0.3 is 0 Å². The minimum atomic E-state index is -1.22. The maximum Gasteiger partial charge on any atom is 0.128 e. The van der Waals surface area contributed by atoms with Gasteiger partial charge in [-0.2, -0.15) is 0 Å². The molecular weight excluding hydrogens is 177 g/mol. The first-order valence-corrected chi connectivity index (χ1v) is 5.83. The van der Waals surface area contributed by atoms with E-state index in [4.69, 9.17) is 5.73 Å². The van der Waals surface area contributed by atoms with Gasteiger partial charge in [0, 0.05) is 5.54 Å². The number of nitrogens with two attached hydrogens (primary N) is 1. The number of hydrogen-bond acceptors (Lipinski definition) is 1. The highest BCUT2D eigenvalue weighted by atomic mass is 19.1. The molecule has 1 unspecified atom stereocenters. The molecule has 2 N–H and O–H groups in total. The average Bonchev–Trinajstić information content (AvgIpc) is 2.29. The van der Waals surface area contributed by atoms with E-state index in [0.717, 1.165) is 12.8 Å². The van der Waals surface area contributed by atoms with E-state index in [0.29, 0.717) is 0 Å². The van der Waals surface area contributed by atoms with Gasteiger partial charge in [0.1, 0.15) is 5.67 Å². The summed E-state index contributed by atoms with van der Waals surface area (Å²) >= 11 is 0. The second kappa shape index (κ2) is 4.18. The summed E-state index contributed by atoms with van der Waals surface area (Å²) in [5, 5.41) is 0. The predicted octanol–water partition coefficient (Wildman–Crippen LogP) is 3.42. The van der Waals surface area contributed by atoms with Crippen molar-refractivity contribution in [3.8, 4) is 0 Å². The lowest BCUT2D eigenvalue weighted by Gasteiger charge is -2.40. The topological polar surface area (TPSA) is 26.0 Å². The molecule has 0 amide bonds. The van der Waals surface area contributed by atoms with Crippen molar-refractivity contribution in [2.75, 3.05) is 0 Å². The Balaban J connectivity index is 2.69. The molecule has 0 aromatic rings. The first-order chi connectivity index (χ1) is 6.36. The maximum atomic E-state index is 14.5. The first-order valence-electron chi connectivity index (χ1n) is 5.83. The second-order valence-electron chi connectivity index (χ2n) is 5.49. The molecule has 0 radical (unpaired) electrons. The van der Waals surface area contributed by atoms with Crippen LogP contribution in [0.1, 0.15) is 59.3 Å². The fourth-order valence-electron chi connectivity index (χ4n) is 2.35. The Morgan fingerprint density at radius 3 is 1.79 bits per heavy atom. The third-order valence-corrected chi connectivity index (χ3v) is 3.88. The monoisotopic (exact) mass is 201 g/mol. The van der Waals surface area contributed by atoms with Gasteiger partial charge < -0.3 is 5.73 Å². The van der Waals surface area contributed by atoms with Crippen LogP contribution in [0.5, 0.6) is 0 Å². The Labute approximate surface area is 87.3 Å². The predicted molar refractivity (Wildman–Crippen MR) is 59.0 cm³/mol. The summed E-state index contributed by atoms with van der Waals surface area (Å²) in [6, 6.07) is 0. The summed E-state index contributed by atoms with van der Waals surface area (Å²) in [4.78, 5) is 0. The van der Waals surface area contributed by atoms with Crippen molar-refractivity contribution in [3.05, 3.63) is 0 Å². The Morgan fingerprint density at radius 2 is 1.43 bits per heavy atom. The molecular formula is C12H24FN. The van der Waals surface area contributed by atoms with E-state index in [1.54, 1.807) is 20.8 Å². The van der Waals surface area contributed by atoms with Crippen molar-refractivity contribution in [1.82, 2.24) is 0 Å². The Hall–Kier alpha value is -0.110. The van der Waals surface area contributed by atoms with Crippen molar-refractivity contribution in [2.24, 2.45) is 11.7 Å². The van der Waals surface area contributed by atoms with E-state index in [1.165, 1.54) is 25.7 Å². The molecule has 0 aromatic heterocycles. The number of alkyl halides is 1. The molecule has 0 bridgehead atoms. The molecule has 2 heteroatoms. The third kappa shape index (κ3) is 2.47. The van der Waals surface area contributed by atoms with Gasteiger partial charge in [-0.05, 0) is 39.5 Å². The normalized spacial score (nSPS) is 25.5. The van der Waals surface area contributed by atoms with Crippen molar-refractivity contribution in [2.45, 2.75) is 70.5 Å². The van der Waals surface area contributed by atoms with Crippen LogP contribution in [0.3, 0.4) is 0 Å². The van der Waals surface area contributed by atoms with Crippen LogP contribution in [0, 0.1) is 5.92 Å². The first kappa shape index (κ1) is 12.0. The molecule has 1 aliphatic carbocycles. The van der Waals surface area contributed by atoms with Crippen molar-refractivity contribution in [1.29, 1.82) is 0 Å². The molecule has 1 aliphatic rings. The van der Waals surface area contributed by atoms with E-state index < -0.39 is 11.2 Å². The Kier molecular flexibility index (Phi) is 3.57. The summed E-state index contributed by atoms with van der Waals surface area (Å²) < 4.78 is 14.5. The Morgan fingerprint density at radius 1 is 1.00 bits per heavy atom. The lowest BCUT2D eigenvalue weighted by atomic mass is 9.74. The van der Waals surface area contributed by atoms with Crippen LogP contribution in [0.4, 0.5) is 4.39 Å². The van der Waals surface area contributed by atoms with Gasteiger partial charge in [0.25, 0.3) is 0 Å². The fourth-order valence-corrected chi connectivity index (χ4v) is 2.35. The zero-order valence-corrected chi connectivity index (χ0v) is 9.78. The second-order valence-corrected chi connectivity index (χ2v) is 5.49. The molecule has 0 spiro atoms. The van der Waals surface area contributed by atoms with Gasteiger partial charge in [0.05, 0.1) is 0 Å². The summed E-state index contributed by atoms with van der Waals surface area (Å²) in [5.74, 6) is 0.157. The van der Waals surface area contributed by atoms with Gasteiger partial charge in [0.2, 0.25) is 0 Å². The van der Waals surface area contributed by atoms with Crippen LogP contribution >= 0.6 is 0 Å². The minimum Gasteiger partial charge on any atom is -0.323 e. The van der Waals surface area contributed by atoms with Crippen LogP contribution in [-0.2, 0) is 0 Å². The molecule has 14 heavy (non-hydrogen) atoms. The maximum absolute atomic E-state index is 14.5. The smallest absolute Gasteiger partial charge is 0.128 e. The molecule has 1 fully saturated rings. The summed E-state index contributed by atoms with van der Waals surface area (Å²) in [6.45, 7) is 5.29. The standard InChI is InChI=1S/C12H24FN/c1-11(2,14)12(3,13)10-8-6-4-5-7-9-10/h10H,4-9,14H2,1-3H3. The largest absolute Gasteiger partial charge is 0.323 e. The highest BCUT2D eigenvalue weighted by molar-refractivity contribution is 4.99. The lowest BCUT2D eigenvalue weighted by molar-refractivity contribution is 0.0221. The third-order valence-electron chi connectivity index (χ3n) is 3.88. The van der Waals surface area contributed by atoms with Gasteiger partial charge in [-0.25, -0.2) is 4.39 Å². The van der Waals surface area contributed by atoms with E-state index in [2.05, 4.69) is 0 Å². The van der Waals surface area contributed by atoms with E-state index in [1.807, 2.05) is 0 Å². The molecule has 0 aliphatic heterocycles. The van der Waals surface area contributed by atoms with Crippen molar-refractivity contribution < 1.29 is 4.39 Å².